The average molecular weight is 625 g/mol. The maximum atomic E-state index is 15.7. The van der Waals surface area contributed by atoms with E-state index in [1.807, 2.05) is 13.0 Å². The number of benzene rings is 3. The van der Waals surface area contributed by atoms with Crippen molar-refractivity contribution in [2.45, 2.75) is 52.6 Å². The third-order valence-corrected chi connectivity index (χ3v) is 7.14. The van der Waals surface area contributed by atoms with Gasteiger partial charge in [-0.2, -0.15) is 0 Å². The van der Waals surface area contributed by atoms with Crippen LogP contribution in [0.1, 0.15) is 51.3 Å². The van der Waals surface area contributed by atoms with Crippen LogP contribution < -0.4 is 67.4 Å². The number of nitrogens with zero attached hydrogens (tertiary/aromatic N) is 3. The second kappa shape index (κ2) is 14.3. The number of aliphatic hydroxyl groups is 1. The van der Waals surface area contributed by atoms with Gasteiger partial charge in [-0.1, -0.05) is 54.9 Å². The van der Waals surface area contributed by atoms with Gasteiger partial charge < -0.3 is 11.3 Å². The van der Waals surface area contributed by atoms with Gasteiger partial charge in [0, 0.05) is 17.5 Å². The van der Waals surface area contributed by atoms with E-state index in [1.165, 1.54) is 10.6 Å². The van der Waals surface area contributed by atoms with Crippen LogP contribution in [-0.4, -0.2) is 37.0 Å². The predicted octanol–water partition coefficient (Wildman–Crippen LogP) is 2.50. The maximum absolute atomic E-state index is 15.7. The molecule has 0 fully saturated rings. The summed E-state index contributed by atoms with van der Waals surface area (Å²) in [5.74, 6) is 0.185. The minimum atomic E-state index is -0.748. The van der Waals surface area contributed by atoms with Crippen LogP contribution in [0.4, 0.5) is 4.39 Å². The van der Waals surface area contributed by atoms with Crippen LogP contribution in [0.3, 0.4) is 0 Å². The van der Waals surface area contributed by atoms with Crippen LogP contribution in [-0.2, 0) is 12.8 Å². The van der Waals surface area contributed by atoms with Gasteiger partial charge in [0.25, 0.3) is 5.56 Å². The van der Waals surface area contributed by atoms with Gasteiger partial charge in [0.05, 0.1) is 18.0 Å². The quantitative estimate of drug-likeness (QED) is 0.229. The summed E-state index contributed by atoms with van der Waals surface area (Å²) in [6, 6.07) is 19.0. The molecule has 2 aromatic heterocycles. The van der Waals surface area contributed by atoms with E-state index in [4.69, 9.17) is 9.72 Å². The Labute approximate surface area is 298 Å². The van der Waals surface area contributed by atoms with Crippen LogP contribution in [0.15, 0.2) is 80.8 Å². The maximum Gasteiger partial charge on any atom is 1.00 e. The molecule has 0 spiro atoms. The summed E-state index contributed by atoms with van der Waals surface area (Å²) in [6.45, 7) is 7.20. The van der Waals surface area contributed by atoms with Crippen LogP contribution in [0.25, 0.3) is 28.2 Å². The number of aliphatic hydroxyl groups excluding tert-OH is 1. The number of aromatic nitrogens is 4. The minimum absolute atomic E-state index is 0. The Kier molecular flexibility index (Phi) is 10.9. The molecule has 3 aromatic carbocycles. The number of halogens is 1. The van der Waals surface area contributed by atoms with E-state index in [0.717, 1.165) is 6.42 Å². The molecule has 0 aliphatic heterocycles. The van der Waals surface area contributed by atoms with Gasteiger partial charge in [-0.15, -0.1) is 0 Å². The van der Waals surface area contributed by atoms with Crippen LogP contribution >= 0.6 is 0 Å². The van der Waals surface area contributed by atoms with Gasteiger partial charge in [-0.3, -0.25) is 18.9 Å². The Morgan fingerprint density at radius 3 is 2.39 bits per heavy atom. The number of rotatable bonds is 10. The molecular formula is C33H34FKN4O5. The van der Waals surface area contributed by atoms with Crippen molar-refractivity contribution in [2.24, 2.45) is 0 Å². The van der Waals surface area contributed by atoms with E-state index in [0.29, 0.717) is 57.2 Å². The Morgan fingerprint density at radius 1 is 1.07 bits per heavy atom. The first-order valence-electron chi connectivity index (χ1n) is 14.1. The molecular weight excluding hydrogens is 590 g/mol. The fourth-order valence-electron chi connectivity index (χ4n) is 4.99. The first kappa shape index (κ1) is 33.7. The van der Waals surface area contributed by atoms with Crippen molar-refractivity contribution in [3.63, 3.8) is 0 Å². The van der Waals surface area contributed by atoms with E-state index in [2.05, 4.69) is 14.7 Å². The number of nitrogens with one attached hydrogen (secondary N) is 1. The number of H-pyrrole nitrogens is 1. The zero-order valence-electron chi connectivity index (χ0n) is 26.5. The Morgan fingerprint density at radius 2 is 1.77 bits per heavy atom. The molecule has 0 amide bonds. The molecule has 0 unspecified atom stereocenters. The zero-order valence-corrected chi connectivity index (χ0v) is 28.6. The summed E-state index contributed by atoms with van der Waals surface area (Å²) in [5, 5.41) is 13.3. The molecule has 0 radical (unpaired) electrons. The van der Waals surface area contributed by atoms with Gasteiger partial charge in [-0.25, -0.2) is 14.2 Å². The summed E-state index contributed by atoms with van der Waals surface area (Å²) in [4.78, 5) is 32.8. The van der Waals surface area contributed by atoms with Gasteiger partial charge in [-0.05, 0) is 74.2 Å². The number of ether oxygens (including phenoxy) is 1. The van der Waals surface area contributed by atoms with E-state index in [9.17, 15) is 14.7 Å². The van der Waals surface area contributed by atoms with Crippen molar-refractivity contribution in [3.05, 3.63) is 116 Å². The topological polar surface area (TPSA) is 123 Å². The molecule has 0 bridgehead atoms. The third kappa shape index (κ3) is 7.36. The van der Waals surface area contributed by atoms with Gasteiger partial charge in [0.2, 0.25) is 0 Å². The van der Waals surface area contributed by atoms with Crippen molar-refractivity contribution in [2.75, 3.05) is 6.61 Å². The molecule has 224 valence electrons. The Bertz CT molecular complexity index is 1890. The summed E-state index contributed by atoms with van der Waals surface area (Å²) in [6.07, 6.45) is 1.42. The van der Waals surface area contributed by atoms with Crippen molar-refractivity contribution in [1.82, 2.24) is 19.7 Å². The normalized spacial score (nSPS) is 11.3. The minimum Gasteiger partial charge on any atom is -1.00 e. The standard InChI is InChI=1S/C33H33FN4O5.K.H/c1-5-8-29-27(31(40)38(20(2)35-29)23-13-15-24(16-14-23)42-33(3,4)19-39)17-22-12-11-21(18-28(22)34)25-9-6-7-10-26(25)30-36-32(41)43-37-30;;/h6-7,9-16,18,39H,5,8,17,19H2,1-4H3,(H,36,37,41);;/q;+1;-1. The van der Waals surface area contributed by atoms with Gasteiger partial charge in [0.15, 0.2) is 5.82 Å². The summed E-state index contributed by atoms with van der Waals surface area (Å²) in [5.41, 5.74) is 2.87. The van der Waals surface area contributed by atoms with Crippen molar-refractivity contribution < 1.29 is 71.6 Å². The third-order valence-electron chi connectivity index (χ3n) is 7.14. The fraction of sp³-hybridized carbons (Fsp3) is 0.273. The van der Waals surface area contributed by atoms with Gasteiger partial charge >= 0.3 is 57.1 Å². The molecule has 0 aliphatic carbocycles. The van der Waals surface area contributed by atoms with Crippen LogP contribution in [0.5, 0.6) is 5.75 Å². The van der Waals surface area contributed by atoms with Crippen LogP contribution in [0.2, 0.25) is 0 Å². The first-order valence-corrected chi connectivity index (χ1v) is 14.1. The second-order valence-electron chi connectivity index (χ2n) is 11.0. The van der Waals surface area contributed by atoms with Crippen molar-refractivity contribution in [3.8, 4) is 34.0 Å². The summed E-state index contributed by atoms with van der Waals surface area (Å²) >= 11 is 0. The monoisotopic (exact) mass is 624 g/mol. The molecule has 44 heavy (non-hydrogen) atoms. The van der Waals surface area contributed by atoms with E-state index >= 15 is 4.39 Å². The largest absolute Gasteiger partial charge is 1.00 e. The number of aryl methyl sites for hydroxylation is 2. The number of hydrogen-bond donors (Lipinski definition) is 2. The summed E-state index contributed by atoms with van der Waals surface area (Å²) in [7, 11) is 0. The summed E-state index contributed by atoms with van der Waals surface area (Å²) < 4.78 is 27.7. The van der Waals surface area contributed by atoms with Crippen LogP contribution in [0, 0.1) is 12.7 Å². The Balaban J connectivity index is 0.00000276. The van der Waals surface area contributed by atoms with Crippen molar-refractivity contribution >= 4 is 0 Å². The van der Waals surface area contributed by atoms with E-state index < -0.39 is 17.2 Å². The molecule has 0 atom stereocenters. The molecule has 9 nitrogen and oxygen atoms in total. The molecule has 5 rings (SSSR count). The van der Waals surface area contributed by atoms with Gasteiger partial charge in [0.1, 0.15) is 23.0 Å². The first-order chi connectivity index (χ1) is 20.6. The molecule has 2 heterocycles. The zero-order chi connectivity index (χ0) is 30.7. The molecule has 0 saturated carbocycles. The average Bonchev–Trinajstić information content (AvgIpc) is 3.42. The SMILES string of the molecule is CCCc1nc(C)n(-c2ccc(OC(C)(C)CO)cc2)c(=O)c1Cc1ccc(-c2ccccc2-c2noc(=O)[nH]2)cc1F.[H-].[K+]. The number of hydrogen-bond acceptors (Lipinski definition) is 7. The second-order valence-corrected chi connectivity index (χ2v) is 11.0. The predicted molar refractivity (Wildman–Crippen MR) is 162 cm³/mol. The molecule has 11 heteroatoms. The van der Waals surface area contributed by atoms with E-state index in [-0.39, 0.29) is 77.2 Å². The van der Waals surface area contributed by atoms with E-state index in [1.54, 1.807) is 75.4 Å². The Hall–Kier alpha value is -3.19. The molecule has 2 N–H and O–H groups in total. The molecule has 0 aliphatic rings. The fourth-order valence-corrected chi connectivity index (χ4v) is 4.99. The number of aromatic amines is 1. The van der Waals surface area contributed by atoms with Crippen molar-refractivity contribution in [1.29, 1.82) is 0 Å². The molecule has 5 aromatic rings. The smallest absolute Gasteiger partial charge is 1.00 e. The molecule has 0 saturated heterocycles.